The minimum atomic E-state index is -3.56. The van der Waals surface area contributed by atoms with E-state index in [1.54, 1.807) is 30.9 Å². The second-order valence-electron chi connectivity index (χ2n) is 5.26. The lowest BCUT2D eigenvalue weighted by Gasteiger charge is -2.33. The highest BCUT2D eigenvalue weighted by molar-refractivity contribution is 7.99. The summed E-state index contributed by atoms with van der Waals surface area (Å²) >= 11 is 1.92. The van der Waals surface area contributed by atoms with Crippen molar-refractivity contribution in [1.29, 1.82) is 0 Å². The molecule has 2 aromatic rings. The molecule has 1 unspecified atom stereocenters. The van der Waals surface area contributed by atoms with Crippen molar-refractivity contribution >= 4 is 21.8 Å². The van der Waals surface area contributed by atoms with E-state index in [0.717, 1.165) is 30.2 Å². The molecule has 1 N–H and O–H groups in total. The number of pyridine rings is 1. The molecule has 3 heterocycles. The Kier molecular flexibility index (Phi) is 5.37. The first-order valence-corrected chi connectivity index (χ1v) is 10.0. The average molecular weight is 353 g/mol. The van der Waals surface area contributed by atoms with Gasteiger partial charge in [0.15, 0.2) is 0 Å². The van der Waals surface area contributed by atoms with Crippen molar-refractivity contribution in [3.8, 4) is 0 Å². The molecule has 1 saturated heterocycles. The minimum Gasteiger partial charge on any atom is -0.472 e. The maximum absolute atomic E-state index is 12.4. The third kappa shape index (κ3) is 4.14. The molecule has 0 aromatic carbocycles. The smallest absolute Gasteiger partial charge is 0.242 e. The van der Waals surface area contributed by atoms with Crippen LogP contribution in [-0.4, -0.2) is 49.4 Å². The van der Waals surface area contributed by atoms with Gasteiger partial charge in [-0.25, -0.2) is 13.1 Å². The van der Waals surface area contributed by atoms with Crippen LogP contribution in [0.2, 0.25) is 0 Å². The maximum Gasteiger partial charge on any atom is 0.242 e. The molecule has 0 spiro atoms. The fourth-order valence-electron chi connectivity index (χ4n) is 2.59. The van der Waals surface area contributed by atoms with Crippen LogP contribution >= 0.6 is 11.8 Å². The van der Waals surface area contributed by atoms with E-state index in [1.807, 2.05) is 17.8 Å². The molecule has 1 atom stereocenters. The maximum atomic E-state index is 12.4. The molecule has 0 amide bonds. The van der Waals surface area contributed by atoms with Gasteiger partial charge in [0.05, 0.1) is 18.6 Å². The van der Waals surface area contributed by atoms with Crippen LogP contribution < -0.4 is 4.72 Å². The average Bonchev–Trinajstić information content (AvgIpc) is 3.11. The number of furan rings is 1. The predicted octanol–water partition coefficient (Wildman–Crippen LogP) is 1.74. The lowest BCUT2D eigenvalue weighted by Crippen LogP contribution is -2.41. The summed E-state index contributed by atoms with van der Waals surface area (Å²) in [6.45, 7) is 2.19. The van der Waals surface area contributed by atoms with Gasteiger partial charge in [0.25, 0.3) is 0 Å². The SMILES string of the molecule is O=S(=O)(NCC(c1ccoc1)N1CCSCC1)c1cccnc1. The third-order valence-corrected chi connectivity index (χ3v) is 6.18. The Morgan fingerprint density at radius 2 is 2.17 bits per heavy atom. The minimum absolute atomic E-state index is 0.0268. The van der Waals surface area contributed by atoms with Crippen molar-refractivity contribution in [2.45, 2.75) is 10.9 Å². The van der Waals surface area contributed by atoms with E-state index in [4.69, 9.17) is 4.42 Å². The van der Waals surface area contributed by atoms with Gasteiger partial charge in [0.2, 0.25) is 10.0 Å². The molecule has 8 heteroatoms. The quantitative estimate of drug-likeness (QED) is 0.853. The van der Waals surface area contributed by atoms with Gasteiger partial charge in [-0.2, -0.15) is 11.8 Å². The summed E-state index contributed by atoms with van der Waals surface area (Å²) in [6.07, 6.45) is 6.22. The standard InChI is InChI=1S/C15H19N3O3S2/c19-23(20,14-2-1-4-16-10-14)17-11-15(13-3-7-21-12-13)18-5-8-22-9-6-18/h1-4,7,10,12,15,17H,5-6,8-9,11H2. The Morgan fingerprint density at radius 3 is 2.83 bits per heavy atom. The summed E-state index contributed by atoms with van der Waals surface area (Å²) in [7, 11) is -3.56. The number of sulfonamides is 1. The van der Waals surface area contributed by atoms with Gasteiger partial charge >= 0.3 is 0 Å². The molecule has 1 aliphatic heterocycles. The molecule has 124 valence electrons. The van der Waals surface area contributed by atoms with Gasteiger partial charge in [-0.3, -0.25) is 9.88 Å². The number of hydrogen-bond acceptors (Lipinski definition) is 6. The second-order valence-corrected chi connectivity index (χ2v) is 8.25. The van der Waals surface area contributed by atoms with E-state index in [0.29, 0.717) is 6.54 Å². The second kappa shape index (κ2) is 7.48. The normalized spacial score (nSPS) is 17.9. The van der Waals surface area contributed by atoms with Gasteiger partial charge in [0.1, 0.15) is 4.90 Å². The molecule has 0 saturated carbocycles. The molecular weight excluding hydrogens is 334 g/mol. The summed E-state index contributed by atoms with van der Waals surface area (Å²) in [5, 5.41) is 0. The monoisotopic (exact) mass is 353 g/mol. The number of nitrogens with one attached hydrogen (secondary N) is 1. The van der Waals surface area contributed by atoms with E-state index in [-0.39, 0.29) is 10.9 Å². The van der Waals surface area contributed by atoms with Crippen LogP contribution in [0, 0.1) is 0 Å². The molecule has 6 nitrogen and oxygen atoms in total. The van der Waals surface area contributed by atoms with E-state index >= 15 is 0 Å². The molecule has 2 aromatic heterocycles. The molecule has 3 rings (SSSR count). The van der Waals surface area contributed by atoms with Crippen LogP contribution in [0.5, 0.6) is 0 Å². The molecular formula is C15H19N3O3S2. The highest BCUT2D eigenvalue weighted by Crippen LogP contribution is 2.24. The Labute approximate surface area is 140 Å². The van der Waals surface area contributed by atoms with E-state index in [9.17, 15) is 8.42 Å². The first-order valence-electron chi connectivity index (χ1n) is 7.40. The van der Waals surface area contributed by atoms with E-state index in [2.05, 4.69) is 14.6 Å². The van der Waals surface area contributed by atoms with Gasteiger partial charge in [-0.1, -0.05) is 0 Å². The zero-order chi connectivity index (χ0) is 16.1. The van der Waals surface area contributed by atoms with Gasteiger partial charge in [-0.15, -0.1) is 0 Å². The van der Waals surface area contributed by atoms with Crippen LogP contribution in [-0.2, 0) is 10.0 Å². The lowest BCUT2D eigenvalue weighted by molar-refractivity contribution is 0.218. The summed E-state index contributed by atoms with van der Waals surface area (Å²) in [5.41, 5.74) is 0.991. The zero-order valence-electron chi connectivity index (χ0n) is 12.6. The van der Waals surface area contributed by atoms with Crippen LogP contribution in [0.25, 0.3) is 0 Å². The molecule has 1 fully saturated rings. The van der Waals surface area contributed by atoms with Crippen molar-refractivity contribution in [3.63, 3.8) is 0 Å². The summed E-state index contributed by atoms with van der Waals surface area (Å²) in [5.74, 6) is 2.12. The van der Waals surface area contributed by atoms with Crippen molar-refractivity contribution in [2.75, 3.05) is 31.1 Å². The Hall–Kier alpha value is -1.35. The summed E-state index contributed by atoms with van der Waals surface area (Å²) in [4.78, 5) is 6.35. The van der Waals surface area contributed by atoms with Crippen molar-refractivity contribution in [1.82, 2.24) is 14.6 Å². The largest absolute Gasteiger partial charge is 0.472 e. The Balaban J connectivity index is 1.74. The number of thioether (sulfide) groups is 1. The third-order valence-electron chi connectivity index (χ3n) is 3.83. The predicted molar refractivity (Wildman–Crippen MR) is 89.8 cm³/mol. The van der Waals surface area contributed by atoms with Gasteiger partial charge < -0.3 is 4.42 Å². The highest BCUT2D eigenvalue weighted by atomic mass is 32.2. The number of hydrogen-bond donors (Lipinski definition) is 1. The number of nitrogens with zero attached hydrogens (tertiary/aromatic N) is 2. The van der Waals surface area contributed by atoms with E-state index < -0.39 is 10.0 Å². The molecule has 23 heavy (non-hydrogen) atoms. The van der Waals surface area contributed by atoms with Crippen LogP contribution in [0.3, 0.4) is 0 Å². The van der Waals surface area contributed by atoms with Gasteiger partial charge in [-0.05, 0) is 18.2 Å². The molecule has 0 aliphatic carbocycles. The van der Waals surface area contributed by atoms with Crippen LogP contribution in [0.1, 0.15) is 11.6 Å². The van der Waals surface area contributed by atoms with Crippen molar-refractivity contribution in [3.05, 3.63) is 48.7 Å². The summed E-state index contributed by atoms with van der Waals surface area (Å²) in [6, 6.07) is 5.02. The van der Waals surface area contributed by atoms with Crippen molar-refractivity contribution in [2.24, 2.45) is 0 Å². The zero-order valence-corrected chi connectivity index (χ0v) is 14.2. The number of aromatic nitrogens is 1. The fraction of sp³-hybridized carbons (Fsp3) is 0.400. The number of rotatable bonds is 6. The van der Waals surface area contributed by atoms with Crippen molar-refractivity contribution < 1.29 is 12.8 Å². The van der Waals surface area contributed by atoms with E-state index in [1.165, 1.54) is 6.20 Å². The lowest BCUT2D eigenvalue weighted by atomic mass is 10.1. The fourth-order valence-corrected chi connectivity index (χ4v) is 4.52. The Morgan fingerprint density at radius 1 is 1.35 bits per heavy atom. The first-order chi connectivity index (χ1) is 11.2. The summed E-state index contributed by atoms with van der Waals surface area (Å²) < 4.78 is 32.7. The van der Waals surface area contributed by atoms with Crippen LogP contribution in [0.15, 0.2) is 52.4 Å². The molecule has 0 radical (unpaired) electrons. The first kappa shape index (κ1) is 16.5. The molecule has 0 bridgehead atoms. The topological polar surface area (TPSA) is 75.4 Å². The van der Waals surface area contributed by atoms with Gasteiger partial charge in [0, 0.05) is 49.1 Å². The molecule has 1 aliphatic rings. The van der Waals surface area contributed by atoms with Crippen LogP contribution in [0.4, 0.5) is 0 Å². The Bertz CT molecular complexity index is 699. The highest BCUT2D eigenvalue weighted by Gasteiger charge is 2.25.